The van der Waals surface area contributed by atoms with Crippen LogP contribution in [0, 0.1) is 0 Å². The first-order valence-corrected chi connectivity index (χ1v) is 15.6. The second kappa shape index (κ2) is 17.9. The molecule has 0 saturated heterocycles. The molecule has 0 bridgehead atoms. The molecule has 0 N–H and O–H groups in total. The molecular weight excluding hydrogens is 554 g/mol. The van der Waals surface area contributed by atoms with Crippen molar-refractivity contribution in [1.29, 1.82) is 0 Å². The summed E-state index contributed by atoms with van der Waals surface area (Å²) in [6.45, 7) is 2.29. The molecule has 3 rings (SSSR count). The number of allylic oxidation sites excluding steroid dienone is 2. The smallest absolute Gasteiger partial charge is 0.112 e. The Morgan fingerprint density at radius 1 is 0.486 bits per heavy atom. The van der Waals surface area contributed by atoms with Crippen LogP contribution >= 0.6 is 7.26 Å². The SMILES string of the molecule is CCCCCCCCCC/C=C/CCC[P+](c1ccccc1)(c1ccccc1)c1ccccc1.[I-]. The fourth-order valence-electron chi connectivity index (χ4n) is 4.96. The molecule has 0 fully saturated rings. The van der Waals surface area contributed by atoms with Crippen LogP contribution in [0.2, 0.25) is 0 Å². The van der Waals surface area contributed by atoms with Gasteiger partial charge in [0.25, 0.3) is 0 Å². The predicted octanol–water partition coefficient (Wildman–Crippen LogP) is 5.85. The molecule has 3 aromatic carbocycles. The van der Waals surface area contributed by atoms with Gasteiger partial charge >= 0.3 is 0 Å². The van der Waals surface area contributed by atoms with Crippen molar-refractivity contribution >= 4 is 23.2 Å². The molecule has 2 heteroatoms. The zero-order valence-corrected chi connectivity index (χ0v) is 24.7. The van der Waals surface area contributed by atoms with Crippen LogP contribution in [0.3, 0.4) is 0 Å². The number of benzene rings is 3. The van der Waals surface area contributed by atoms with Gasteiger partial charge in [0.2, 0.25) is 0 Å². The normalized spacial score (nSPS) is 11.5. The van der Waals surface area contributed by atoms with Crippen LogP contribution in [-0.4, -0.2) is 6.16 Å². The van der Waals surface area contributed by atoms with Crippen LogP contribution in [0.5, 0.6) is 0 Å². The van der Waals surface area contributed by atoms with Gasteiger partial charge in [-0.2, -0.15) is 0 Å². The fourth-order valence-corrected chi connectivity index (χ4v) is 9.33. The Labute approximate surface area is 233 Å². The van der Waals surface area contributed by atoms with Gasteiger partial charge in [-0.15, -0.1) is 0 Å². The van der Waals surface area contributed by atoms with E-state index in [9.17, 15) is 0 Å². The molecule has 0 radical (unpaired) electrons. The maximum atomic E-state index is 2.44. The van der Waals surface area contributed by atoms with Gasteiger partial charge in [0, 0.05) is 0 Å². The van der Waals surface area contributed by atoms with Crippen molar-refractivity contribution in [3.05, 3.63) is 103 Å². The van der Waals surface area contributed by atoms with Crippen LogP contribution < -0.4 is 39.9 Å². The summed E-state index contributed by atoms with van der Waals surface area (Å²) in [5.74, 6) is 0. The third kappa shape index (κ3) is 9.51. The number of hydrogen-bond acceptors (Lipinski definition) is 0. The number of rotatable bonds is 16. The third-order valence-electron chi connectivity index (χ3n) is 6.85. The summed E-state index contributed by atoms with van der Waals surface area (Å²) < 4.78 is 0. The Bertz CT molecular complexity index is 824. The van der Waals surface area contributed by atoms with E-state index >= 15 is 0 Å². The van der Waals surface area contributed by atoms with Crippen molar-refractivity contribution in [3.63, 3.8) is 0 Å². The second-order valence-electron chi connectivity index (χ2n) is 9.42. The lowest BCUT2D eigenvalue weighted by atomic mass is 10.1. The molecule has 0 amide bonds. The molecule has 0 atom stereocenters. The molecule has 0 aromatic heterocycles. The standard InChI is InChI=1S/C33H44P.HI/c1-2-3-4-5-6-7-8-9-10-11-12-13-23-30-34(31-24-17-14-18-25-31,32-26-19-15-20-27-32)33-28-21-16-22-29-33;/h11-12,14-22,24-29H,2-10,13,23,30H2,1H3;1H/q+1;/p-1/b12-11+;. The Balaban J connectivity index is 0.00000432. The highest BCUT2D eigenvalue weighted by atomic mass is 127. The highest BCUT2D eigenvalue weighted by molar-refractivity contribution is 7.95. The summed E-state index contributed by atoms with van der Waals surface area (Å²) in [6, 6.07) is 33.8. The number of halogens is 1. The first kappa shape index (κ1) is 29.8. The van der Waals surface area contributed by atoms with Crippen LogP contribution in [0.4, 0.5) is 0 Å². The highest BCUT2D eigenvalue weighted by Gasteiger charge is 2.44. The third-order valence-corrected chi connectivity index (χ3v) is 11.4. The van der Waals surface area contributed by atoms with Crippen molar-refractivity contribution < 1.29 is 24.0 Å². The Morgan fingerprint density at radius 3 is 1.29 bits per heavy atom. The molecule has 0 spiro atoms. The van der Waals surface area contributed by atoms with Crippen molar-refractivity contribution in [1.82, 2.24) is 0 Å². The minimum atomic E-state index is -1.67. The lowest BCUT2D eigenvalue weighted by Crippen LogP contribution is -3.00. The molecule has 35 heavy (non-hydrogen) atoms. The van der Waals surface area contributed by atoms with E-state index in [-0.39, 0.29) is 24.0 Å². The number of unbranched alkanes of at least 4 members (excludes halogenated alkanes) is 9. The van der Waals surface area contributed by atoms with E-state index < -0.39 is 7.26 Å². The zero-order valence-electron chi connectivity index (χ0n) is 21.6. The van der Waals surface area contributed by atoms with E-state index in [1.807, 2.05) is 0 Å². The monoisotopic (exact) mass is 598 g/mol. The summed E-state index contributed by atoms with van der Waals surface area (Å²) in [5, 5.41) is 4.49. The van der Waals surface area contributed by atoms with E-state index in [4.69, 9.17) is 0 Å². The number of hydrogen-bond donors (Lipinski definition) is 0. The lowest BCUT2D eigenvalue weighted by Gasteiger charge is -2.27. The summed E-state index contributed by atoms with van der Waals surface area (Å²) in [5.41, 5.74) is 0. The van der Waals surface area contributed by atoms with Gasteiger partial charge in [0.05, 0.1) is 6.16 Å². The van der Waals surface area contributed by atoms with Gasteiger partial charge in [0.1, 0.15) is 23.2 Å². The summed E-state index contributed by atoms with van der Waals surface area (Å²) in [7, 11) is -1.67. The van der Waals surface area contributed by atoms with Crippen LogP contribution in [0.1, 0.15) is 77.6 Å². The quantitative estimate of drug-likeness (QED) is 0.0840. The molecule has 0 aliphatic rings. The summed E-state index contributed by atoms with van der Waals surface area (Å²) in [4.78, 5) is 0. The maximum Gasteiger partial charge on any atom is 0.112 e. The first-order valence-electron chi connectivity index (χ1n) is 13.6. The van der Waals surface area contributed by atoms with Gasteiger partial charge in [-0.1, -0.05) is 119 Å². The van der Waals surface area contributed by atoms with Crippen molar-refractivity contribution in [2.24, 2.45) is 0 Å². The van der Waals surface area contributed by atoms with Gasteiger partial charge in [-0.25, -0.2) is 0 Å². The van der Waals surface area contributed by atoms with E-state index in [2.05, 4.69) is 110 Å². The van der Waals surface area contributed by atoms with Crippen LogP contribution in [0.25, 0.3) is 0 Å². The van der Waals surface area contributed by atoms with Gasteiger partial charge < -0.3 is 24.0 Å². The van der Waals surface area contributed by atoms with Crippen LogP contribution in [-0.2, 0) is 0 Å². The van der Waals surface area contributed by atoms with Crippen molar-refractivity contribution in [2.45, 2.75) is 77.6 Å². The van der Waals surface area contributed by atoms with Gasteiger partial charge in [-0.05, 0) is 62.1 Å². The van der Waals surface area contributed by atoms with Gasteiger partial charge in [0.15, 0.2) is 0 Å². The molecule has 0 heterocycles. The molecule has 188 valence electrons. The topological polar surface area (TPSA) is 0 Å². The Kier molecular flexibility index (Phi) is 15.2. The Morgan fingerprint density at radius 2 is 0.857 bits per heavy atom. The average Bonchev–Trinajstić information content (AvgIpc) is 2.91. The molecule has 3 aromatic rings. The predicted molar refractivity (Wildman–Crippen MR) is 156 cm³/mol. The molecule has 0 aliphatic heterocycles. The molecule has 0 nitrogen and oxygen atoms in total. The fraction of sp³-hybridized carbons (Fsp3) is 0.394. The molecular formula is C33H44IP. The van der Waals surface area contributed by atoms with Crippen molar-refractivity contribution in [3.8, 4) is 0 Å². The average molecular weight is 599 g/mol. The molecule has 0 unspecified atom stereocenters. The minimum absolute atomic E-state index is 0. The molecule has 0 aliphatic carbocycles. The lowest BCUT2D eigenvalue weighted by molar-refractivity contribution is -0.00000691. The maximum absolute atomic E-state index is 2.44. The second-order valence-corrected chi connectivity index (χ2v) is 13.0. The van der Waals surface area contributed by atoms with Crippen LogP contribution in [0.15, 0.2) is 103 Å². The molecule has 0 saturated carbocycles. The van der Waals surface area contributed by atoms with E-state index in [1.165, 1.54) is 92.7 Å². The largest absolute Gasteiger partial charge is 1.00 e. The first-order chi connectivity index (χ1) is 16.9. The summed E-state index contributed by atoms with van der Waals surface area (Å²) >= 11 is 0. The highest BCUT2D eigenvalue weighted by Crippen LogP contribution is 2.55. The summed E-state index contributed by atoms with van der Waals surface area (Å²) in [6.07, 6.45) is 20.9. The Hall–Kier alpha value is -1.44. The van der Waals surface area contributed by atoms with Crippen molar-refractivity contribution in [2.75, 3.05) is 6.16 Å². The van der Waals surface area contributed by atoms with E-state index in [0.29, 0.717) is 0 Å². The van der Waals surface area contributed by atoms with E-state index in [1.54, 1.807) is 0 Å². The van der Waals surface area contributed by atoms with E-state index in [0.717, 1.165) is 0 Å². The zero-order chi connectivity index (χ0) is 23.7. The minimum Gasteiger partial charge on any atom is -1.00 e. The van der Waals surface area contributed by atoms with Gasteiger partial charge in [-0.3, -0.25) is 0 Å².